The summed E-state index contributed by atoms with van der Waals surface area (Å²) in [6.07, 6.45) is 3.35. The molecule has 0 aromatic carbocycles. The summed E-state index contributed by atoms with van der Waals surface area (Å²) in [7, 11) is 1.97. The Balaban J connectivity index is 2.44. The van der Waals surface area contributed by atoms with E-state index in [1.54, 1.807) is 0 Å². The van der Waals surface area contributed by atoms with Crippen molar-refractivity contribution in [2.45, 2.75) is 39.7 Å². The quantitative estimate of drug-likeness (QED) is 0.734. The standard InChI is InChI=1S/C11H18N2O/c1-11(2)5-4-10-8(6-11)9(7-14)12-13(10)3/h14H,4-7H2,1-3H3. The first-order chi connectivity index (χ1) is 6.53. The molecule has 0 atom stereocenters. The fourth-order valence-electron chi connectivity index (χ4n) is 2.33. The van der Waals surface area contributed by atoms with Gasteiger partial charge >= 0.3 is 0 Å². The third-order valence-electron chi connectivity index (χ3n) is 3.20. The molecule has 3 heteroatoms. The van der Waals surface area contributed by atoms with Gasteiger partial charge in [0.25, 0.3) is 0 Å². The number of rotatable bonds is 1. The predicted octanol–water partition coefficient (Wildman–Crippen LogP) is 1.43. The first-order valence-corrected chi connectivity index (χ1v) is 5.18. The van der Waals surface area contributed by atoms with E-state index in [4.69, 9.17) is 0 Å². The van der Waals surface area contributed by atoms with Gasteiger partial charge in [-0.05, 0) is 30.2 Å². The van der Waals surface area contributed by atoms with Gasteiger partial charge in [0.1, 0.15) is 0 Å². The maximum absolute atomic E-state index is 9.20. The molecule has 78 valence electrons. The molecule has 1 aliphatic rings. The molecular weight excluding hydrogens is 176 g/mol. The van der Waals surface area contributed by atoms with Gasteiger partial charge < -0.3 is 5.11 Å². The van der Waals surface area contributed by atoms with Crippen LogP contribution in [-0.4, -0.2) is 14.9 Å². The van der Waals surface area contributed by atoms with E-state index in [0.29, 0.717) is 5.41 Å². The minimum Gasteiger partial charge on any atom is -0.390 e. The lowest BCUT2D eigenvalue weighted by atomic mass is 9.76. The topological polar surface area (TPSA) is 38.0 Å². The molecule has 0 fully saturated rings. The van der Waals surface area contributed by atoms with Gasteiger partial charge in [0.15, 0.2) is 0 Å². The van der Waals surface area contributed by atoms with E-state index in [2.05, 4.69) is 18.9 Å². The first kappa shape index (κ1) is 9.71. The number of aliphatic hydroxyl groups excluding tert-OH is 1. The second-order valence-corrected chi connectivity index (χ2v) is 4.99. The average Bonchev–Trinajstić information content (AvgIpc) is 2.40. The highest BCUT2D eigenvalue weighted by Crippen LogP contribution is 2.35. The van der Waals surface area contributed by atoms with Crippen molar-refractivity contribution in [3.63, 3.8) is 0 Å². The Bertz CT molecular complexity index is 352. The van der Waals surface area contributed by atoms with Crippen molar-refractivity contribution in [3.05, 3.63) is 17.0 Å². The fourth-order valence-corrected chi connectivity index (χ4v) is 2.33. The summed E-state index contributed by atoms with van der Waals surface area (Å²) < 4.78 is 1.93. The van der Waals surface area contributed by atoms with Crippen LogP contribution in [-0.2, 0) is 26.5 Å². The summed E-state index contributed by atoms with van der Waals surface area (Å²) in [4.78, 5) is 0. The molecule has 2 rings (SSSR count). The van der Waals surface area contributed by atoms with Crippen molar-refractivity contribution in [2.24, 2.45) is 12.5 Å². The van der Waals surface area contributed by atoms with Gasteiger partial charge in [0.05, 0.1) is 12.3 Å². The molecule has 3 nitrogen and oxygen atoms in total. The Morgan fingerprint density at radius 3 is 2.86 bits per heavy atom. The summed E-state index contributed by atoms with van der Waals surface area (Å²) in [5.41, 5.74) is 3.83. The molecule has 0 bridgehead atoms. The summed E-state index contributed by atoms with van der Waals surface area (Å²) in [5, 5.41) is 13.5. The van der Waals surface area contributed by atoms with Crippen molar-refractivity contribution < 1.29 is 5.11 Å². The van der Waals surface area contributed by atoms with Gasteiger partial charge in [-0.3, -0.25) is 4.68 Å². The monoisotopic (exact) mass is 194 g/mol. The molecule has 14 heavy (non-hydrogen) atoms. The summed E-state index contributed by atoms with van der Waals surface area (Å²) in [6, 6.07) is 0. The molecule has 0 amide bonds. The summed E-state index contributed by atoms with van der Waals surface area (Å²) >= 11 is 0. The molecule has 0 unspecified atom stereocenters. The molecule has 0 aliphatic heterocycles. The lowest BCUT2D eigenvalue weighted by Crippen LogP contribution is -2.23. The smallest absolute Gasteiger partial charge is 0.0913 e. The average molecular weight is 194 g/mol. The third kappa shape index (κ3) is 1.46. The van der Waals surface area contributed by atoms with Crippen LogP contribution in [0.5, 0.6) is 0 Å². The number of aryl methyl sites for hydroxylation is 1. The molecule has 1 aromatic heterocycles. The molecule has 0 radical (unpaired) electrons. The van der Waals surface area contributed by atoms with Crippen LogP contribution in [0.15, 0.2) is 0 Å². The van der Waals surface area contributed by atoms with Gasteiger partial charge in [0.2, 0.25) is 0 Å². The van der Waals surface area contributed by atoms with E-state index in [9.17, 15) is 5.11 Å². The molecule has 0 spiro atoms. The normalized spacial score (nSPS) is 19.4. The van der Waals surface area contributed by atoms with Crippen molar-refractivity contribution >= 4 is 0 Å². The zero-order valence-corrected chi connectivity index (χ0v) is 9.17. The third-order valence-corrected chi connectivity index (χ3v) is 3.20. The highest BCUT2D eigenvalue weighted by atomic mass is 16.3. The van der Waals surface area contributed by atoms with Crippen LogP contribution < -0.4 is 0 Å². The van der Waals surface area contributed by atoms with Crippen LogP contribution in [0.2, 0.25) is 0 Å². The van der Waals surface area contributed by atoms with E-state index in [1.165, 1.54) is 17.7 Å². The van der Waals surface area contributed by atoms with Crippen LogP contribution in [0.25, 0.3) is 0 Å². The Morgan fingerprint density at radius 2 is 2.21 bits per heavy atom. The molecule has 0 saturated heterocycles. The van der Waals surface area contributed by atoms with E-state index in [0.717, 1.165) is 18.5 Å². The Morgan fingerprint density at radius 1 is 1.50 bits per heavy atom. The van der Waals surface area contributed by atoms with E-state index in [1.807, 2.05) is 11.7 Å². The van der Waals surface area contributed by atoms with Gasteiger partial charge in [-0.25, -0.2) is 0 Å². The largest absolute Gasteiger partial charge is 0.390 e. The molecule has 1 heterocycles. The SMILES string of the molecule is Cn1nc(CO)c2c1CCC(C)(C)C2. The lowest BCUT2D eigenvalue weighted by molar-refractivity contribution is 0.269. The minimum absolute atomic E-state index is 0.0687. The summed E-state index contributed by atoms with van der Waals surface area (Å²) in [6.45, 7) is 4.63. The van der Waals surface area contributed by atoms with E-state index >= 15 is 0 Å². The zero-order valence-electron chi connectivity index (χ0n) is 9.17. The van der Waals surface area contributed by atoms with Crippen LogP contribution in [0.4, 0.5) is 0 Å². The van der Waals surface area contributed by atoms with Gasteiger partial charge in [0, 0.05) is 12.7 Å². The van der Waals surface area contributed by atoms with E-state index < -0.39 is 0 Å². The van der Waals surface area contributed by atoms with Crippen molar-refractivity contribution in [2.75, 3.05) is 0 Å². The minimum atomic E-state index is 0.0687. The Hall–Kier alpha value is -0.830. The number of aromatic nitrogens is 2. The highest BCUT2D eigenvalue weighted by molar-refractivity contribution is 5.29. The van der Waals surface area contributed by atoms with Crippen molar-refractivity contribution in [1.82, 2.24) is 9.78 Å². The van der Waals surface area contributed by atoms with E-state index in [-0.39, 0.29) is 6.61 Å². The van der Waals surface area contributed by atoms with Gasteiger partial charge in [-0.15, -0.1) is 0 Å². The number of fused-ring (bicyclic) bond motifs is 1. The lowest BCUT2D eigenvalue weighted by Gasteiger charge is -2.29. The fraction of sp³-hybridized carbons (Fsp3) is 0.727. The van der Waals surface area contributed by atoms with Gasteiger partial charge in [-0.1, -0.05) is 13.8 Å². The molecule has 1 N–H and O–H groups in total. The first-order valence-electron chi connectivity index (χ1n) is 5.18. The number of hydrogen-bond acceptors (Lipinski definition) is 2. The second-order valence-electron chi connectivity index (χ2n) is 4.99. The Labute approximate surface area is 84.7 Å². The highest BCUT2D eigenvalue weighted by Gasteiger charge is 2.29. The maximum atomic E-state index is 9.20. The number of aliphatic hydroxyl groups is 1. The number of nitrogens with zero attached hydrogens (tertiary/aromatic N) is 2. The van der Waals surface area contributed by atoms with Crippen LogP contribution in [0, 0.1) is 5.41 Å². The molecule has 0 saturated carbocycles. The van der Waals surface area contributed by atoms with Crippen molar-refractivity contribution in [1.29, 1.82) is 0 Å². The van der Waals surface area contributed by atoms with Crippen molar-refractivity contribution in [3.8, 4) is 0 Å². The van der Waals surface area contributed by atoms with Crippen LogP contribution in [0.3, 0.4) is 0 Å². The molecule has 1 aromatic rings. The van der Waals surface area contributed by atoms with Crippen LogP contribution in [0.1, 0.15) is 37.2 Å². The molecule has 1 aliphatic carbocycles. The zero-order chi connectivity index (χ0) is 10.3. The maximum Gasteiger partial charge on any atom is 0.0913 e. The summed E-state index contributed by atoms with van der Waals surface area (Å²) in [5.74, 6) is 0. The van der Waals surface area contributed by atoms with Crippen LogP contribution >= 0.6 is 0 Å². The Kier molecular flexibility index (Phi) is 2.14. The predicted molar refractivity (Wildman–Crippen MR) is 54.9 cm³/mol. The van der Waals surface area contributed by atoms with Gasteiger partial charge in [-0.2, -0.15) is 5.10 Å². The second kappa shape index (κ2) is 3.09. The molecular formula is C11H18N2O. The number of hydrogen-bond donors (Lipinski definition) is 1.